The van der Waals surface area contributed by atoms with Gasteiger partial charge in [0.2, 0.25) is 5.13 Å². The fourth-order valence-corrected chi connectivity index (χ4v) is 2.74. The Morgan fingerprint density at radius 2 is 1.88 bits per heavy atom. The fraction of sp³-hybridized carbons (Fsp3) is 0.0526. The third-order valence-electron chi connectivity index (χ3n) is 3.30. The van der Waals surface area contributed by atoms with E-state index in [0.29, 0.717) is 0 Å². The molecule has 0 fully saturated rings. The van der Waals surface area contributed by atoms with Crippen molar-refractivity contribution in [2.75, 3.05) is 12.5 Å². The molecule has 0 atom stereocenters. The summed E-state index contributed by atoms with van der Waals surface area (Å²) in [6, 6.07) is 17.9. The Balaban J connectivity index is 1.57. The van der Waals surface area contributed by atoms with Crippen LogP contribution >= 0.6 is 11.3 Å². The zero-order chi connectivity index (χ0) is 16.6. The van der Waals surface area contributed by atoms with Crippen molar-refractivity contribution < 1.29 is 4.74 Å². The summed E-state index contributed by atoms with van der Waals surface area (Å²) < 4.78 is 5.16. The quantitative estimate of drug-likeness (QED) is 0.513. The number of aromatic nitrogens is 1. The van der Waals surface area contributed by atoms with E-state index < -0.39 is 0 Å². The van der Waals surface area contributed by atoms with Crippen LogP contribution in [-0.2, 0) is 0 Å². The highest BCUT2D eigenvalue weighted by Gasteiger charge is 2.03. The van der Waals surface area contributed by atoms with Gasteiger partial charge in [-0.2, -0.15) is 5.10 Å². The minimum Gasteiger partial charge on any atom is -0.497 e. The monoisotopic (exact) mass is 335 g/mol. The van der Waals surface area contributed by atoms with Crippen LogP contribution in [0.5, 0.6) is 5.75 Å². The molecule has 1 N–H and O–H groups in total. The van der Waals surface area contributed by atoms with Gasteiger partial charge in [-0.05, 0) is 35.9 Å². The third-order valence-corrected chi connectivity index (χ3v) is 4.05. The molecular weight excluding hydrogens is 318 g/mol. The zero-order valence-electron chi connectivity index (χ0n) is 13.2. The Bertz CT molecular complexity index is 823. The van der Waals surface area contributed by atoms with Gasteiger partial charge in [0.1, 0.15) is 5.75 Å². The number of ether oxygens (including phenoxy) is 1. The summed E-state index contributed by atoms with van der Waals surface area (Å²) in [5, 5.41) is 6.91. The first-order valence-corrected chi connectivity index (χ1v) is 8.34. The molecule has 120 valence electrons. The van der Waals surface area contributed by atoms with Crippen molar-refractivity contribution in [1.82, 2.24) is 4.98 Å². The molecule has 1 heterocycles. The first-order chi connectivity index (χ1) is 11.8. The largest absolute Gasteiger partial charge is 0.497 e. The van der Waals surface area contributed by atoms with Crippen LogP contribution in [0.3, 0.4) is 0 Å². The van der Waals surface area contributed by atoms with Gasteiger partial charge in [-0.1, -0.05) is 36.4 Å². The first kappa shape index (κ1) is 16.0. The molecule has 24 heavy (non-hydrogen) atoms. The van der Waals surface area contributed by atoms with E-state index in [9.17, 15) is 0 Å². The Hall–Kier alpha value is -2.92. The predicted octanol–water partition coefficient (Wildman–Crippen LogP) is 4.93. The second-order valence-electron chi connectivity index (χ2n) is 4.93. The number of nitrogens with zero attached hydrogens (tertiary/aromatic N) is 2. The molecule has 0 amide bonds. The van der Waals surface area contributed by atoms with E-state index in [-0.39, 0.29) is 0 Å². The Labute approximate surface area is 145 Å². The number of benzene rings is 2. The summed E-state index contributed by atoms with van der Waals surface area (Å²) in [5.41, 5.74) is 6.05. The molecule has 0 radical (unpaired) electrons. The summed E-state index contributed by atoms with van der Waals surface area (Å²) >= 11 is 1.52. The number of hydrogen-bond donors (Lipinski definition) is 1. The lowest BCUT2D eigenvalue weighted by Crippen LogP contribution is -1.87. The van der Waals surface area contributed by atoms with E-state index in [1.165, 1.54) is 11.3 Å². The predicted molar refractivity (Wildman–Crippen MR) is 102 cm³/mol. The Kier molecular flexibility index (Phi) is 5.37. The standard InChI is InChI=1S/C19H17N3OS/c1-23-17-11-9-16(10-12-17)18-14-24-19(21-18)22-20-13-5-8-15-6-3-2-4-7-15/h2-14H,1H3,(H,21,22)/b8-5+,20-13+. The maximum atomic E-state index is 5.16. The van der Waals surface area contributed by atoms with Gasteiger partial charge in [-0.3, -0.25) is 5.43 Å². The van der Waals surface area contributed by atoms with Gasteiger partial charge in [-0.15, -0.1) is 11.3 Å². The molecule has 0 aliphatic carbocycles. The number of allylic oxidation sites excluding steroid dienone is 1. The van der Waals surface area contributed by atoms with Gasteiger partial charge in [-0.25, -0.2) is 4.98 Å². The van der Waals surface area contributed by atoms with E-state index in [2.05, 4.69) is 15.5 Å². The zero-order valence-corrected chi connectivity index (χ0v) is 14.0. The topological polar surface area (TPSA) is 46.5 Å². The molecule has 2 aromatic carbocycles. The SMILES string of the molecule is COc1ccc(-c2csc(N/N=C/C=C/c3ccccc3)n2)cc1. The van der Waals surface area contributed by atoms with Gasteiger partial charge in [0.05, 0.1) is 12.8 Å². The summed E-state index contributed by atoms with van der Waals surface area (Å²) in [6.45, 7) is 0. The lowest BCUT2D eigenvalue weighted by atomic mass is 10.2. The van der Waals surface area contributed by atoms with E-state index in [4.69, 9.17) is 4.74 Å². The number of rotatable bonds is 6. The minimum absolute atomic E-state index is 0.755. The molecule has 0 unspecified atom stereocenters. The lowest BCUT2D eigenvalue weighted by molar-refractivity contribution is 0.415. The molecular formula is C19H17N3OS. The van der Waals surface area contributed by atoms with E-state index in [0.717, 1.165) is 27.7 Å². The summed E-state index contributed by atoms with van der Waals surface area (Å²) in [5.74, 6) is 0.835. The van der Waals surface area contributed by atoms with Crippen LogP contribution in [0.25, 0.3) is 17.3 Å². The van der Waals surface area contributed by atoms with Crippen molar-refractivity contribution in [3.63, 3.8) is 0 Å². The van der Waals surface area contributed by atoms with Crippen molar-refractivity contribution in [3.05, 3.63) is 71.6 Å². The molecule has 0 saturated heterocycles. The molecule has 0 bridgehead atoms. The summed E-state index contributed by atoms with van der Waals surface area (Å²) in [4.78, 5) is 4.52. The van der Waals surface area contributed by atoms with Crippen LogP contribution in [0.1, 0.15) is 5.56 Å². The number of hydrazone groups is 1. The van der Waals surface area contributed by atoms with E-state index >= 15 is 0 Å². The first-order valence-electron chi connectivity index (χ1n) is 7.46. The fourth-order valence-electron chi connectivity index (χ4n) is 2.07. The number of thiazole rings is 1. The summed E-state index contributed by atoms with van der Waals surface area (Å²) in [6.07, 6.45) is 5.59. The lowest BCUT2D eigenvalue weighted by Gasteiger charge is -2.00. The smallest absolute Gasteiger partial charge is 0.203 e. The van der Waals surface area contributed by atoms with Gasteiger partial charge in [0.15, 0.2) is 0 Å². The molecule has 0 spiro atoms. The average molecular weight is 335 g/mol. The van der Waals surface area contributed by atoms with Gasteiger partial charge < -0.3 is 4.74 Å². The third kappa shape index (κ3) is 4.30. The minimum atomic E-state index is 0.755. The van der Waals surface area contributed by atoms with Crippen molar-refractivity contribution in [1.29, 1.82) is 0 Å². The highest BCUT2D eigenvalue weighted by atomic mass is 32.1. The van der Waals surface area contributed by atoms with E-state index in [1.807, 2.05) is 72.1 Å². The van der Waals surface area contributed by atoms with E-state index in [1.54, 1.807) is 13.3 Å². The summed E-state index contributed by atoms with van der Waals surface area (Å²) in [7, 11) is 1.66. The van der Waals surface area contributed by atoms with Crippen LogP contribution in [-0.4, -0.2) is 18.3 Å². The molecule has 5 heteroatoms. The van der Waals surface area contributed by atoms with Gasteiger partial charge in [0.25, 0.3) is 0 Å². The van der Waals surface area contributed by atoms with Crippen LogP contribution in [0.15, 0.2) is 71.2 Å². The van der Waals surface area contributed by atoms with Crippen molar-refractivity contribution in [3.8, 4) is 17.0 Å². The van der Waals surface area contributed by atoms with Crippen LogP contribution in [0.4, 0.5) is 5.13 Å². The van der Waals surface area contributed by atoms with Crippen LogP contribution in [0.2, 0.25) is 0 Å². The molecule has 3 aromatic rings. The average Bonchev–Trinajstić information content (AvgIpc) is 3.11. The maximum Gasteiger partial charge on any atom is 0.203 e. The van der Waals surface area contributed by atoms with Crippen molar-refractivity contribution in [2.45, 2.75) is 0 Å². The number of methoxy groups -OCH3 is 1. The van der Waals surface area contributed by atoms with Gasteiger partial charge in [0, 0.05) is 17.2 Å². The second kappa shape index (κ2) is 8.08. The van der Waals surface area contributed by atoms with Crippen LogP contribution in [0, 0.1) is 0 Å². The van der Waals surface area contributed by atoms with Gasteiger partial charge >= 0.3 is 0 Å². The number of nitrogens with one attached hydrogen (secondary N) is 1. The highest BCUT2D eigenvalue weighted by Crippen LogP contribution is 2.26. The van der Waals surface area contributed by atoms with Crippen molar-refractivity contribution >= 4 is 28.8 Å². The molecule has 4 nitrogen and oxygen atoms in total. The normalized spacial score (nSPS) is 11.2. The molecule has 0 aliphatic rings. The molecule has 0 saturated carbocycles. The molecule has 1 aromatic heterocycles. The maximum absolute atomic E-state index is 5.16. The van der Waals surface area contributed by atoms with Crippen molar-refractivity contribution in [2.24, 2.45) is 5.10 Å². The Morgan fingerprint density at radius 1 is 1.08 bits per heavy atom. The Morgan fingerprint density at radius 3 is 2.62 bits per heavy atom. The molecule has 0 aliphatic heterocycles. The highest BCUT2D eigenvalue weighted by molar-refractivity contribution is 7.14. The van der Waals surface area contributed by atoms with Crippen LogP contribution < -0.4 is 10.2 Å². The number of hydrogen-bond acceptors (Lipinski definition) is 5. The molecule has 3 rings (SSSR count). The number of anilines is 1. The second-order valence-corrected chi connectivity index (χ2v) is 5.78.